The monoisotopic (exact) mass is 519 g/mol. The number of rotatable bonds is 9. The molecule has 1 N–H and O–H groups in total. The van der Waals surface area contributed by atoms with Crippen LogP contribution in [0.5, 0.6) is 0 Å². The number of Topliss-reactive ketones (excluding diaryl/α,β-unsaturated/α-hetero) is 1. The SMILES string of the molecule is CN1CCN(CC(=O)Nc2cc(C(=O)Cc3ccc(-c4ccccc4)cc3)ccc2CS(C)(=O)=O)CC1. The van der Waals surface area contributed by atoms with Crippen molar-refractivity contribution in [3.05, 3.63) is 89.5 Å². The van der Waals surface area contributed by atoms with Crippen LogP contribution in [0.25, 0.3) is 11.1 Å². The van der Waals surface area contributed by atoms with E-state index < -0.39 is 9.84 Å². The highest BCUT2D eigenvalue weighted by Crippen LogP contribution is 2.23. The van der Waals surface area contributed by atoms with Gasteiger partial charge in [-0.05, 0) is 35.4 Å². The van der Waals surface area contributed by atoms with Gasteiger partial charge in [-0.1, -0.05) is 66.7 Å². The molecule has 0 atom stereocenters. The standard InChI is InChI=1S/C29H33N3O4S/c1-31-14-16-32(17-15-31)20-29(34)30-27-19-25(12-13-26(27)21-37(2,35)36)28(33)18-22-8-10-24(11-9-22)23-6-4-3-5-7-23/h3-13,19H,14-18,20-21H2,1-2H3,(H,30,34). The summed E-state index contributed by atoms with van der Waals surface area (Å²) in [5, 5.41) is 2.87. The first kappa shape index (κ1) is 26.7. The molecule has 0 radical (unpaired) electrons. The summed E-state index contributed by atoms with van der Waals surface area (Å²) in [7, 11) is -1.28. The van der Waals surface area contributed by atoms with Crippen LogP contribution in [0.4, 0.5) is 5.69 Å². The molecule has 194 valence electrons. The molecule has 1 fully saturated rings. The second kappa shape index (κ2) is 11.8. The number of piperazine rings is 1. The van der Waals surface area contributed by atoms with E-state index in [-0.39, 0.29) is 30.4 Å². The van der Waals surface area contributed by atoms with Gasteiger partial charge in [0, 0.05) is 50.1 Å². The first-order valence-corrected chi connectivity index (χ1v) is 14.4. The maximum atomic E-state index is 13.1. The Labute approximate surface area is 219 Å². The van der Waals surface area contributed by atoms with Crippen LogP contribution in [0.2, 0.25) is 0 Å². The van der Waals surface area contributed by atoms with Crippen molar-refractivity contribution in [3.8, 4) is 11.1 Å². The first-order valence-electron chi connectivity index (χ1n) is 12.4. The molecule has 0 saturated carbocycles. The molecular weight excluding hydrogens is 486 g/mol. The summed E-state index contributed by atoms with van der Waals surface area (Å²) in [5.74, 6) is -0.541. The van der Waals surface area contributed by atoms with E-state index in [2.05, 4.69) is 22.2 Å². The van der Waals surface area contributed by atoms with Crippen LogP contribution in [0.1, 0.15) is 21.5 Å². The molecule has 1 aliphatic heterocycles. The lowest BCUT2D eigenvalue weighted by atomic mass is 9.98. The molecule has 8 heteroatoms. The number of hydrogen-bond donors (Lipinski definition) is 1. The fourth-order valence-electron chi connectivity index (χ4n) is 4.41. The fourth-order valence-corrected chi connectivity index (χ4v) is 5.22. The van der Waals surface area contributed by atoms with E-state index in [0.29, 0.717) is 16.8 Å². The molecule has 7 nitrogen and oxygen atoms in total. The Morgan fingerprint density at radius 1 is 0.865 bits per heavy atom. The highest BCUT2D eigenvalue weighted by Gasteiger charge is 2.19. The lowest BCUT2D eigenvalue weighted by Gasteiger charge is -2.31. The second-order valence-corrected chi connectivity index (χ2v) is 11.9. The maximum Gasteiger partial charge on any atom is 0.238 e. The number of hydrogen-bond acceptors (Lipinski definition) is 6. The van der Waals surface area contributed by atoms with Crippen molar-refractivity contribution in [2.24, 2.45) is 0 Å². The van der Waals surface area contributed by atoms with E-state index in [1.165, 1.54) is 0 Å². The lowest BCUT2D eigenvalue weighted by molar-refractivity contribution is -0.117. The van der Waals surface area contributed by atoms with Gasteiger partial charge in [-0.2, -0.15) is 0 Å². The van der Waals surface area contributed by atoms with Crippen molar-refractivity contribution in [1.29, 1.82) is 0 Å². The molecule has 0 bridgehead atoms. The van der Waals surface area contributed by atoms with Crippen LogP contribution in [-0.4, -0.2) is 75.9 Å². The summed E-state index contributed by atoms with van der Waals surface area (Å²) in [4.78, 5) is 30.2. The third-order valence-corrected chi connectivity index (χ3v) is 7.35. The summed E-state index contributed by atoms with van der Waals surface area (Å²) in [6.45, 7) is 3.59. The Hall–Kier alpha value is -3.33. The summed E-state index contributed by atoms with van der Waals surface area (Å²) in [5.41, 5.74) is 4.34. The Morgan fingerprint density at radius 3 is 2.16 bits per heavy atom. The Bertz CT molecular complexity index is 1350. The number of benzene rings is 3. The van der Waals surface area contributed by atoms with Crippen LogP contribution < -0.4 is 5.32 Å². The van der Waals surface area contributed by atoms with Gasteiger partial charge in [-0.15, -0.1) is 0 Å². The van der Waals surface area contributed by atoms with E-state index in [1.807, 2.05) is 54.6 Å². The van der Waals surface area contributed by atoms with Crippen LogP contribution in [0.15, 0.2) is 72.8 Å². The maximum absolute atomic E-state index is 13.1. The van der Waals surface area contributed by atoms with Gasteiger partial charge in [0.05, 0.1) is 12.3 Å². The molecule has 0 unspecified atom stereocenters. The van der Waals surface area contributed by atoms with Crippen molar-refractivity contribution in [3.63, 3.8) is 0 Å². The van der Waals surface area contributed by atoms with E-state index in [0.717, 1.165) is 49.1 Å². The summed E-state index contributed by atoms with van der Waals surface area (Å²) in [6, 6.07) is 22.8. The zero-order chi connectivity index (χ0) is 26.4. The first-order chi connectivity index (χ1) is 17.7. The number of carbonyl (C=O) groups excluding carboxylic acids is 2. The summed E-state index contributed by atoms with van der Waals surface area (Å²) < 4.78 is 24.0. The molecule has 3 aromatic rings. The van der Waals surface area contributed by atoms with Crippen LogP contribution in [0, 0.1) is 0 Å². The largest absolute Gasteiger partial charge is 0.325 e. The third kappa shape index (κ3) is 7.82. The lowest BCUT2D eigenvalue weighted by Crippen LogP contribution is -2.47. The number of ketones is 1. The van der Waals surface area contributed by atoms with Gasteiger partial charge in [0.2, 0.25) is 5.91 Å². The van der Waals surface area contributed by atoms with Crippen LogP contribution in [-0.2, 0) is 26.8 Å². The topological polar surface area (TPSA) is 86.8 Å². The molecule has 4 rings (SSSR count). The third-order valence-electron chi connectivity index (χ3n) is 6.51. The number of amides is 1. The fraction of sp³-hybridized carbons (Fsp3) is 0.310. The van der Waals surface area contributed by atoms with Crippen LogP contribution >= 0.6 is 0 Å². The number of carbonyl (C=O) groups is 2. The summed E-state index contributed by atoms with van der Waals surface area (Å²) in [6.07, 6.45) is 1.36. The zero-order valence-electron chi connectivity index (χ0n) is 21.3. The minimum absolute atomic E-state index is 0.104. The summed E-state index contributed by atoms with van der Waals surface area (Å²) >= 11 is 0. The van der Waals surface area contributed by atoms with Crippen molar-refractivity contribution in [2.45, 2.75) is 12.2 Å². The zero-order valence-corrected chi connectivity index (χ0v) is 22.1. The number of sulfone groups is 1. The highest BCUT2D eigenvalue weighted by atomic mass is 32.2. The highest BCUT2D eigenvalue weighted by molar-refractivity contribution is 7.89. The second-order valence-electron chi connectivity index (χ2n) is 9.73. The van der Waals surface area contributed by atoms with Gasteiger partial charge >= 0.3 is 0 Å². The molecule has 3 aromatic carbocycles. The van der Waals surface area contributed by atoms with E-state index in [4.69, 9.17) is 0 Å². The predicted octanol–water partition coefficient (Wildman–Crippen LogP) is 3.51. The molecule has 1 heterocycles. The minimum atomic E-state index is -3.33. The average molecular weight is 520 g/mol. The van der Waals surface area contributed by atoms with E-state index >= 15 is 0 Å². The molecule has 37 heavy (non-hydrogen) atoms. The van der Waals surface area contributed by atoms with E-state index in [1.54, 1.807) is 18.2 Å². The molecule has 0 spiro atoms. The minimum Gasteiger partial charge on any atom is -0.325 e. The molecule has 1 saturated heterocycles. The van der Waals surface area contributed by atoms with Gasteiger partial charge in [0.15, 0.2) is 15.6 Å². The van der Waals surface area contributed by atoms with Crippen molar-refractivity contribution < 1.29 is 18.0 Å². The Morgan fingerprint density at radius 2 is 1.51 bits per heavy atom. The number of nitrogens with zero attached hydrogens (tertiary/aromatic N) is 2. The Balaban J connectivity index is 1.48. The van der Waals surface area contributed by atoms with Gasteiger partial charge in [-0.3, -0.25) is 14.5 Å². The molecule has 0 aliphatic carbocycles. The quantitative estimate of drug-likeness (QED) is 0.436. The number of anilines is 1. The molecule has 0 aromatic heterocycles. The van der Waals surface area contributed by atoms with Gasteiger partial charge < -0.3 is 10.2 Å². The predicted molar refractivity (Wildman–Crippen MR) is 147 cm³/mol. The van der Waals surface area contributed by atoms with Gasteiger partial charge in [0.25, 0.3) is 0 Å². The molecule has 1 aliphatic rings. The average Bonchev–Trinajstić information content (AvgIpc) is 2.86. The number of likely N-dealkylation sites (N-methyl/N-ethyl adjacent to an activating group) is 1. The normalized spacial score (nSPS) is 14.9. The Kier molecular flexibility index (Phi) is 8.53. The van der Waals surface area contributed by atoms with Crippen molar-refractivity contribution in [1.82, 2.24) is 9.80 Å². The molecule has 1 amide bonds. The van der Waals surface area contributed by atoms with E-state index in [9.17, 15) is 18.0 Å². The smallest absolute Gasteiger partial charge is 0.238 e. The number of nitrogens with one attached hydrogen (secondary N) is 1. The van der Waals surface area contributed by atoms with Crippen LogP contribution in [0.3, 0.4) is 0 Å². The molecular formula is C29H33N3O4S. The van der Waals surface area contributed by atoms with Crippen molar-refractivity contribution in [2.75, 3.05) is 51.3 Å². The van der Waals surface area contributed by atoms with Crippen molar-refractivity contribution >= 4 is 27.2 Å². The van der Waals surface area contributed by atoms with Gasteiger partial charge in [-0.25, -0.2) is 8.42 Å². The van der Waals surface area contributed by atoms with Gasteiger partial charge in [0.1, 0.15) is 0 Å².